The summed E-state index contributed by atoms with van der Waals surface area (Å²) >= 11 is 6.27. The van der Waals surface area contributed by atoms with Crippen molar-refractivity contribution in [3.63, 3.8) is 0 Å². The van der Waals surface area contributed by atoms with E-state index in [9.17, 15) is 9.59 Å². The van der Waals surface area contributed by atoms with E-state index in [0.29, 0.717) is 11.4 Å². The zero-order chi connectivity index (χ0) is 20.4. The first-order chi connectivity index (χ1) is 14.1. The largest absolute Gasteiger partial charge is 0.497 e. The summed E-state index contributed by atoms with van der Waals surface area (Å²) < 4.78 is 5.15. The number of carbonyl (C=O) groups is 2. The molecule has 2 aliphatic rings. The molecule has 4 rings (SSSR count). The normalized spacial score (nSPS) is 21.0. The number of imide groups is 1. The zero-order valence-electron chi connectivity index (χ0n) is 16.4. The number of anilines is 1. The van der Waals surface area contributed by atoms with Gasteiger partial charge in [-0.15, -0.1) is 0 Å². The molecule has 0 unspecified atom stereocenters. The summed E-state index contributed by atoms with van der Waals surface area (Å²) in [4.78, 5) is 31.3. The van der Waals surface area contributed by atoms with E-state index in [4.69, 9.17) is 16.3 Å². The number of nitrogens with zero attached hydrogens (tertiary/aromatic N) is 3. The maximum absolute atomic E-state index is 13.0. The monoisotopic (exact) mass is 413 g/mol. The first kappa shape index (κ1) is 19.9. The quantitative estimate of drug-likeness (QED) is 0.705. The van der Waals surface area contributed by atoms with Crippen LogP contribution in [0.3, 0.4) is 0 Å². The number of halogens is 1. The molecule has 1 atom stereocenters. The van der Waals surface area contributed by atoms with Gasteiger partial charge in [0.2, 0.25) is 5.91 Å². The molecular formula is C22H24ClN3O3. The Balaban J connectivity index is 1.38. The van der Waals surface area contributed by atoms with E-state index < -0.39 is 0 Å². The Morgan fingerprint density at radius 3 is 2.34 bits per heavy atom. The molecule has 29 heavy (non-hydrogen) atoms. The average molecular weight is 414 g/mol. The van der Waals surface area contributed by atoms with Crippen molar-refractivity contribution in [3.05, 3.63) is 59.1 Å². The molecular weight excluding hydrogens is 390 g/mol. The number of piperazine rings is 1. The molecule has 0 bridgehead atoms. The molecule has 152 valence electrons. The van der Waals surface area contributed by atoms with E-state index in [0.717, 1.165) is 43.3 Å². The molecule has 6 nitrogen and oxygen atoms in total. The first-order valence-corrected chi connectivity index (χ1v) is 10.2. The smallest absolute Gasteiger partial charge is 0.251 e. The van der Waals surface area contributed by atoms with Crippen molar-refractivity contribution in [1.29, 1.82) is 0 Å². The molecule has 2 heterocycles. The molecule has 0 aliphatic carbocycles. The van der Waals surface area contributed by atoms with Crippen LogP contribution in [-0.2, 0) is 16.1 Å². The third kappa shape index (κ3) is 4.15. The second-order valence-electron chi connectivity index (χ2n) is 7.39. The van der Waals surface area contributed by atoms with Crippen molar-refractivity contribution >= 4 is 29.1 Å². The first-order valence-electron chi connectivity index (χ1n) is 9.77. The van der Waals surface area contributed by atoms with Crippen LogP contribution < -0.4 is 9.64 Å². The van der Waals surface area contributed by atoms with Crippen molar-refractivity contribution in [2.75, 3.05) is 38.2 Å². The fourth-order valence-corrected chi connectivity index (χ4v) is 4.20. The Morgan fingerprint density at radius 2 is 1.69 bits per heavy atom. The summed E-state index contributed by atoms with van der Waals surface area (Å²) in [6, 6.07) is 14.5. The number of methoxy groups -OCH3 is 1. The van der Waals surface area contributed by atoms with Gasteiger partial charge < -0.3 is 4.74 Å². The number of amides is 2. The van der Waals surface area contributed by atoms with Crippen LogP contribution in [0.4, 0.5) is 5.69 Å². The Labute approximate surface area is 175 Å². The summed E-state index contributed by atoms with van der Waals surface area (Å²) in [5.41, 5.74) is 1.71. The molecule has 2 amide bonds. The lowest BCUT2D eigenvalue weighted by atomic mass is 10.1. The molecule has 7 heteroatoms. The van der Waals surface area contributed by atoms with Gasteiger partial charge in [-0.25, -0.2) is 4.90 Å². The maximum Gasteiger partial charge on any atom is 0.251 e. The molecule has 0 N–H and O–H groups in total. The minimum Gasteiger partial charge on any atom is -0.497 e. The number of carbonyl (C=O) groups excluding carboxylic acids is 2. The maximum atomic E-state index is 13.0. The fourth-order valence-electron chi connectivity index (χ4n) is 4.00. The molecule has 0 spiro atoms. The molecule has 2 fully saturated rings. The highest BCUT2D eigenvalue weighted by molar-refractivity contribution is 6.31. The van der Waals surface area contributed by atoms with Crippen molar-refractivity contribution in [1.82, 2.24) is 9.80 Å². The van der Waals surface area contributed by atoms with E-state index in [1.807, 2.05) is 24.3 Å². The molecule has 0 radical (unpaired) electrons. The Bertz CT molecular complexity index is 894. The molecule has 2 aromatic carbocycles. The predicted octanol–water partition coefficient (Wildman–Crippen LogP) is 2.80. The lowest BCUT2D eigenvalue weighted by molar-refractivity contribution is -0.123. The minimum absolute atomic E-state index is 0.139. The minimum atomic E-state index is -0.382. The van der Waals surface area contributed by atoms with Gasteiger partial charge in [0, 0.05) is 37.7 Å². The van der Waals surface area contributed by atoms with E-state index in [2.05, 4.69) is 9.80 Å². The van der Waals surface area contributed by atoms with Gasteiger partial charge >= 0.3 is 0 Å². The van der Waals surface area contributed by atoms with Crippen molar-refractivity contribution < 1.29 is 14.3 Å². The van der Waals surface area contributed by atoms with Crippen molar-refractivity contribution in [2.45, 2.75) is 19.0 Å². The second kappa shape index (κ2) is 8.53. The van der Waals surface area contributed by atoms with Crippen LogP contribution in [0.15, 0.2) is 48.5 Å². The Kier molecular flexibility index (Phi) is 5.85. The molecule has 2 saturated heterocycles. The van der Waals surface area contributed by atoms with Gasteiger partial charge in [0.1, 0.15) is 5.75 Å². The van der Waals surface area contributed by atoms with Crippen LogP contribution in [-0.4, -0.2) is 60.9 Å². The van der Waals surface area contributed by atoms with Crippen LogP contribution >= 0.6 is 11.6 Å². The summed E-state index contributed by atoms with van der Waals surface area (Å²) in [7, 11) is 1.59. The van der Waals surface area contributed by atoms with Crippen LogP contribution in [0.1, 0.15) is 12.0 Å². The lowest BCUT2D eigenvalue weighted by Crippen LogP contribution is -2.52. The van der Waals surface area contributed by atoms with E-state index in [1.165, 1.54) is 4.90 Å². The topological polar surface area (TPSA) is 53.1 Å². The van der Waals surface area contributed by atoms with Gasteiger partial charge in [-0.2, -0.15) is 0 Å². The summed E-state index contributed by atoms with van der Waals surface area (Å²) in [5.74, 6) is 0.405. The van der Waals surface area contributed by atoms with Gasteiger partial charge in [0.05, 0.1) is 25.3 Å². The SMILES string of the molecule is COc1ccc(N2C(=O)C[C@H](N3CCN(Cc4ccccc4Cl)CC3)C2=O)cc1. The standard InChI is InChI=1S/C22H24ClN3O3/c1-29-18-8-6-17(7-9-18)26-21(27)14-20(22(26)28)25-12-10-24(11-13-25)15-16-4-2-3-5-19(16)23/h2-9,20H,10-15H2,1H3/t20-/m0/s1. The molecule has 0 aromatic heterocycles. The number of ether oxygens (including phenoxy) is 1. The third-order valence-electron chi connectivity index (χ3n) is 5.65. The van der Waals surface area contributed by atoms with Crippen LogP contribution in [0.25, 0.3) is 0 Å². The van der Waals surface area contributed by atoms with E-state index in [-0.39, 0.29) is 24.3 Å². The van der Waals surface area contributed by atoms with Crippen molar-refractivity contribution in [3.8, 4) is 5.75 Å². The third-order valence-corrected chi connectivity index (χ3v) is 6.02. The van der Waals surface area contributed by atoms with Gasteiger partial charge in [0.15, 0.2) is 0 Å². The van der Waals surface area contributed by atoms with Crippen LogP contribution in [0.5, 0.6) is 5.75 Å². The van der Waals surface area contributed by atoms with Crippen molar-refractivity contribution in [2.24, 2.45) is 0 Å². The summed E-state index contributed by atoms with van der Waals surface area (Å²) in [6.07, 6.45) is 0.232. The lowest BCUT2D eigenvalue weighted by Gasteiger charge is -2.37. The highest BCUT2D eigenvalue weighted by atomic mass is 35.5. The second-order valence-corrected chi connectivity index (χ2v) is 7.80. The van der Waals surface area contributed by atoms with Crippen LogP contribution in [0.2, 0.25) is 5.02 Å². The molecule has 2 aromatic rings. The summed E-state index contributed by atoms with van der Waals surface area (Å²) in [6.45, 7) is 3.98. The number of hydrogen-bond donors (Lipinski definition) is 0. The van der Waals surface area contributed by atoms with Crippen LogP contribution in [0, 0.1) is 0 Å². The number of hydrogen-bond acceptors (Lipinski definition) is 5. The Hall–Kier alpha value is -2.41. The number of benzene rings is 2. The van der Waals surface area contributed by atoms with E-state index in [1.54, 1.807) is 31.4 Å². The molecule has 2 aliphatic heterocycles. The zero-order valence-corrected chi connectivity index (χ0v) is 17.1. The highest BCUT2D eigenvalue weighted by Gasteiger charge is 2.43. The van der Waals surface area contributed by atoms with Gasteiger partial charge in [-0.1, -0.05) is 29.8 Å². The summed E-state index contributed by atoms with van der Waals surface area (Å²) in [5, 5.41) is 0.779. The Morgan fingerprint density at radius 1 is 1.00 bits per heavy atom. The van der Waals surface area contributed by atoms with Gasteiger partial charge in [-0.3, -0.25) is 19.4 Å². The highest BCUT2D eigenvalue weighted by Crippen LogP contribution is 2.28. The predicted molar refractivity (Wildman–Crippen MR) is 112 cm³/mol. The van der Waals surface area contributed by atoms with Gasteiger partial charge in [0.25, 0.3) is 5.91 Å². The average Bonchev–Trinajstić information content (AvgIpc) is 3.04. The fraction of sp³-hybridized carbons (Fsp3) is 0.364. The van der Waals surface area contributed by atoms with E-state index >= 15 is 0 Å². The number of rotatable bonds is 5. The van der Waals surface area contributed by atoms with Gasteiger partial charge in [-0.05, 0) is 35.9 Å². The molecule has 0 saturated carbocycles.